The standard InChI is InChI=1S/C12H17ClN2OS/c1-14-6-7-15(2)12(16)10-8-9(17-3)4-5-11(10)13/h4-5,8,14H,6-7H2,1-3H3. The number of rotatable bonds is 5. The van der Waals surface area contributed by atoms with Gasteiger partial charge in [-0.05, 0) is 31.5 Å². The second-order valence-corrected chi connectivity index (χ2v) is 4.96. The number of nitrogens with zero attached hydrogens (tertiary/aromatic N) is 1. The summed E-state index contributed by atoms with van der Waals surface area (Å²) in [6, 6.07) is 5.52. The minimum Gasteiger partial charge on any atom is -0.340 e. The molecule has 1 aromatic carbocycles. The molecule has 1 rings (SSSR count). The Morgan fingerprint density at radius 2 is 2.24 bits per heavy atom. The molecule has 17 heavy (non-hydrogen) atoms. The fourth-order valence-corrected chi connectivity index (χ4v) is 2.02. The first-order valence-corrected chi connectivity index (χ1v) is 6.94. The van der Waals surface area contributed by atoms with Crippen LogP contribution in [-0.2, 0) is 0 Å². The van der Waals surface area contributed by atoms with Crippen molar-refractivity contribution in [3.8, 4) is 0 Å². The molecule has 1 aromatic rings. The number of thioether (sulfide) groups is 1. The van der Waals surface area contributed by atoms with Gasteiger partial charge in [-0.25, -0.2) is 0 Å². The molecule has 0 heterocycles. The zero-order chi connectivity index (χ0) is 12.8. The maximum Gasteiger partial charge on any atom is 0.255 e. The monoisotopic (exact) mass is 272 g/mol. The van der Waals surface area contributed by atoms with E-state index in [1.807, 2.05) is 25.4 Å². The number of amides is 1. The van der Waals surface area contributed by atoms with Gasteiger partial charge in [0, 0.05) is 25.0 Å². The number of benzene rings is 1. The molecule has 0 radical (unpaired) electrons. The lowest BCUT2D eigenvalue weighted by Gasteiger charge is -2.18. The van der Waals surface area contributed by atoms with E-state index >= 15 is 0 Å². The number of carbonyl (C=O) groups excluding carboxylic acids is 1. The van der Waals surface area contributed by atoms with Crippen LogP contribution in [0.5, 0.6) is 0 Å². The second kappa shape index (κ2) is 6.89. The van der Waals surface area contributed by atoms with Crippen LogP contribution in [0.3, 0.4) is 0 Å². The van der Waals surface area contributed by atoms with Crippen LogP contribution in [0, 0.1) is 0 Å². The lowest BCUT2D eigenvalue weighted by Crippen LogP contribution is -2.32. The largest absolute Gasteiger partial charge is 0.340 e. The topological polar surface area (TPSA) is 32.3 Å². The summed E-state index contributed by atoms with van der Waals surface area (Å²) in [5, 5.41) is 3.51. The average Bonchev–Trinajstić information content (AvgIpc) is 2.35. The fourth-order valence-electron chi connectivity index (χ4n) is 1.38. The van der Waals surface area contributed by atoms with Crippen molar-refractivity contribution in [3.05, 3.63) is 28.8 Å². The van der Waals surface area contributed by atoms with E-state index in [4.69, 9.17) is 11.6 Å². The van der Waals surface area contributed by atoms with Gasteiger partial charge in [0.2, 0.25) is 0 Å². The quantitative estimate of drug-likeness (QED) is 0.835. The predicted octanol–water partition coefficient (Wildman–Crippen LogP) is 2.35. The number of carbonyl (C=O) groups is 1. The molecule has 0 fully saturated rings. The van der Waals surface area contributed by atoms with Crippen LogP contribution in [0.4, 0.5) is 0 Å². The lowest BCUT2D eigenvalue weighted by molar-refractivity contribution is 0.0797. The zero-order valence-electron chi connectivity index (χ0n) is 10.3. The first-order valence-electron chi connectivity index (χ1n) is 5.33. The number of halogens is 1. The van der Waals surface area contributed by atoms with Crippen molar-refractivity contribution >= 4 is 29.3 Å². The zero-order valence-corrected chi connectivity index (χ0v) is 11.9. The van der Waals surface area contributed by atoms with Gasteiger partial charge in [-0.2, -0.15) is 0 Å². The Balaban J connectivity index is 2.87. The summed E-state index contributed by atoms with van der Waals surface area (Å²) in [4.78, 5) is 14.9. The Hall–Kier alpha value is -0.710. The highest BCUT2D eigenvalue weighted by Gasteiger charge is 2.15. The molecule has 0 spiro atoms. The molecule has 1 N–H and O–H groups in total. The highest BCUT2D eigenvalue weighted by Crippen LogP contribution is 2.23. The number of hydrogen-bond acceptors (Lipinski definition) is 3. The van der Waals surface area contributed by atoms with E-state index in [1.54, 1.807) is 29.8 Å². The van der Waals surface area contributed by atoms with Crippen LogP contribution in [0.15, 0.2) is 23.1 Å². The average molecular weight is 273 g/mol. The minimum atomic E-state index is -0.0406. The van der Waals surface area contributed by atoms with Gasteiger partial charge >= 0.3 is 0 Å². The molecule has 0 unspecified atom stereocenters. The molecule has 0 atom stereocenters. The van der Waals surface area contributed by atoms with Crippen molar-refractivity contribution in [2.45, 2.75) is 4.90 Å². The summed E-state index contributed by atoms with van der Waals surface area (Å²) >= 11 is 7.65. The fraction of sp³-hybridized carbons (Fsp3) is 0.417. The maximum absolute atomic E-state index is 12.1. The van der Waals surface area contributed by atoms with E-state index in [9.17, 15) is 4.79 Å². The van der Waals surface area contributed by atoms with Gasteiger partial charge in [0.1, 0.15) is 0 Å². The van der Waals surface area contributed by atoms with Crippen molar-refractivity contribution in [1.82, 2.24) is 10.2 Å². The Bertz CT molecular complexity index is 398. The first-order chi connectivity index (χ1) is 8.10. The second-order valence-electron chi connectivity index (χ2n) is 3.68. The van der Waals surface area contributed by atoms with Gasteiger partial charge in [0.25, 0.3) is 5.91 Å². The van der Waals surface area contributed by atoms with Crippen molar-refractivity contribution in [1.29, 1.82) is 0 Å². The van der Waals surface area contributed by atoms with E-state index < -0.39 is 0 Å². The van der Waals surface area contributed by atoms with Crippen molar-refractivity contribution < 1.29 is 4.79 Å². The van der Waals surface area contributed by atoms with Crippen LogP contribution in [0.2, 0.25) is 5.02 Å². The molecule has 0 aliphatic carbocycles. The van der Waals surface area contributed by atoms with Crippen molar-refractivity contribution in [2.24, 2.45) is 0 Å². The molecule has 0 aromatic heterocycles. The van der Waals surface area contributed by atoms with Crippen LogP contribution in [0.1, 0.15) is 10.4 Å². The molecule has 3 nitrogen and oxygen atoms in total. The molecular formula is C12H17ClN2OS. The minimum absolute atomic E-state index is 0.0406. The molecule has 0 saturated heterocycles. The normalized spacial score (nSPS) is 10.4. The summed E-state index contributed by atoms with van der Waals surface area (Å²) in [5.41, 5.74) is 0.567. The van der Waals surface area contributed by atoms with E-state index in [-0.39, 0.29) is 5.91 Å². The third-order valence-corrected chi connectivity index (χ3v) is 3.50. The first kappa shape index (κ1) is 14.4. The number of nitrogens with one attached hydrogen (secondary N) is 1. The van der Waals surface area contributed by atoms with Gasteiger partial charge in [0.15, 0.2) is 0 Å². The number of hydrogen-bond donors (Lipinski definition) is 1. The Morgan fingerprint density at radius 1 is 1.53 bits per heavy atom. The molecule has 0 aliphatic heterocycles. The Kier molecular flexibility index (Phi) is 5.82. The molecule has 0 saturated carbocycles. The summed E-state index contributed by atoms with van der Waals surface area (Å²) in [6.45, 7) is 1.43. The smallest absolute Gasteiger partial charge is 0.255 e. The third-order valence-electron chi connectivity index (χ3n) is 2.45. The van der Waals surface area contributed by atoms with Gasteiger partial charge in [0.05, 0.1) is 10.6 Å². The summed E-state index contributed by atoms with van der Waals surface area (Å²) in [5.74, 6) is -0.0406. The summed E-state index contributed by atoms with van der Waals surface area (Å²) < 4.78 is 0. The number of likely N-dealkylation sites (N-methyl/N-ethyl adjacent to an activating group) is 2. The van der Waals surface area contributed by atoms with Crippen LogP contribution >= 0.6 is 23.4 Å². The molecular weight excluding hydrogens is 256 g/mol. The van der Waals surface area contributed by atoms with Crippen LogP contribution in [-0.4, -0.2) is 44.2 Å². The van der Waals surface area contributed by atoms with Crippen LogP contribution in [0.25, 0.3) is 0 Å². The molecule has 94 valence electrons. The van der Waals surface area contributed by atoms with E-state index in [2.05, 4.69) is 5.32 Å². The third kappa shape index (κ3) is 3.91. The van der Waals surface area contributed by atoms with E-state index in [0.29, 0.717) is 17.1 Å². The van der Waals surface area contributed by atoms with Gasteiger partial charge < -0.3 is 10.2 Å². The Labute approximate surface area is 112 Å². The molecule has 0 bridgehead atoms. The van der Waals surface area contributed by atoms with Gasteiger partial charge in [-0.15, -0.1) is 11.8 Å². The van der Waals surface area contributed by atoms with E-state index in [1.165, 1.54) is 0 Å². The predicted molar refractivity (Wildman–Crippen MR) is 74.1 cm³/mol. The summed E-state index contributed by atoms with van der Waals surface area (Å²) in [6.07, 6.45) is 1.97. The highest BCUT2D eigenvalue weighted by atomic mass is 35.5. The van der Waals surface area contributed by atoms with E-state index in [0.717, 1.165) is 11.4 Å². The molecule has 5 heteroatoms. The molecule has 1 amide bonds. The van der Waals surface area contributed by atoms with Gasteiger partial charge in [-0.1, -0.05) is 11.6 Å². The Morgan fingerprint density at radius 3 is 2.82 bits per heavy atom. The van der Waals surface area contributed by atoms with Gasteiger partial charge in [-0.3, -0.25) is 4.79 Å². The van der Waals surface area contributed by atoms with Crippen molar-refractivity contribution in [2.75, 3.05) is 33.4 Å². The molecule has 0 aliphatic rings. The van der Waals surface area contributed by atoms with Crippen molar-refractivity contribution in [3.63, 3.8) is 0 Å². The maximum atomic E-state index is 12.1. The lowest BCUT2D eigenvalue weighted by atomic mass is 10.2. The SMILES string of the molecule is CNCCN(C)C(=O)c1cc(SC)ccc1Cl. The highest BCUT2D eigenvalue weighted by molar-refractivity contribution is 7.98. The summed E-state index contributed by atoms with van der Waals surface area (Å²) in [7, 11) is 3.64. The van der Waals surface area contributed by atoms with Crippen LogP contribution < -0.4 is 5.32 Å².